The standard InChI is InChI=1S/C46H49F3N4O7S3/c1-28-12-15-33(16-13-28)63(58,59)53-22-18-34-35-19-23-62(56,57)27-45(3,4)20-9-21-46(5,31-11-8-10-30(25-31)24-29(2)43(54)60-7)44-50-42(52(6)51-44)36-26-32(14-17-37(36)47)61(55)41(35)39(49)38(48)40(34)53/h8,10-18,22,25-26,29H,9,19-21,23-24,27H2,1-7H3/t29-,46+,61?/m0/s1. The van der Waals surface area contributed by atoms with Crippen molar-refractivity contribution in [2.24, 2.45) is 18.4 Å². The average Bonchev–Trinajstić information content (AvgIpc) is 3.86. The molecule has 7 rings (SSSR count). The summed E-state index contributed by atoms with van der Waals surface area (Å²) in [4.78, 5) is 16.1. The van der Waals surface area contributed by atoms with Crippen LogP contribution in [0, 0.1) is 35.7 Å². The van der Waals surface area contributed by atoms with Crippen molar-refractivity contribution in [2.45, 2.75) is 86.8 Å². The summed E-state index contributed by atoms with van der Waals surface area (Å²) in [5, 5.41) is 4.64. The summed E-state index contributed by atoms with van der Waals surface area (Å²) in [6.07, 6.45) is 2.40. The molecule has 0 radical (unpaired) electrons. The number of ether oxygens (including phenoxy) is 1. The zero-order chi connectivity index (χ0) is 45.8. The van der Waals surface area contributed by atoms with Gasteiger partial charge in [0.1, 0.15) is 11.3 Å². The Kier molecular flexibility index (Phi) is 12.5. The first-order chi connectivity index (χ1) is 29.6. The number of fused-ring (bicyclic) bond motifs is 8. The average molecular weight is 923 g/mol. The molecule has 0 spiro atoms. The number of esters is 1. The van der Waals surface area contributed by atoms with E-state index in [-0.39, 0.29) is 43.9 Å². The largest absolute Gasteiger partial charge is 0.469 e. The fourth-order valence-corrected chi connectivity index (χ4v) is 13.2. The Labute approximate surface area is 368 Å². The topological polar surface area (TPSA) is 147 Å². The lowest BCUT2D eigenvalue weighted by Crippen LogP contribution is -2.29. The van der Waals surface area contributed by atoms with E-state index in [1.165, 1.54) is 36.1 Å². The van der Waals surface area contributed by atoms with Crippen molar-refractivity contribution in [1.82, 2.24) is 18.7 Å². The number of halogens is 3. The molecule has 334 valence electrons. The molecule has 1 aliphatic heterocycles. The van der Waals surface area contributed by atoms with Crippen molar-refractivity contribution in [3.05, 3.63) is 125 Å². The van der Waals surface area contributed by atoms with E-state index in [0.717, 1.165) is 35.0 Å². The highest BCUT2D eigenvalue weighted by atomic mass is 32.2. The summed E-state index contributed by atoms with van der Waals surface area (Å²) < 4.78 is 127. The molecule has 0 amide bonds. The van der Waals surface area contributed by atoms with Gasteiger partial charge in [0, 0.05) is 23.5 Å². The number of hydrogen-bond acceptors (Lipinski definition) is 9. The molecule has 3 heterocycles. The van der Waals surface area contributed by atoms with Gasteiger partial charge in [-0.25, -0.2) is 47.9 Å². The van der Waals surface area contributed by atoms with Crippen LogP contribution >= 0.6 is 0 Å². The number of benzene rings is 4. The first-order valence-corrected chi connectivity index (χ1v) is 24.8. The van der Waals surface area contributed by atoms with E-state index in [2.05, 4.69) is 0 Å². The van der Waals surface area contributed by atoms with Gasteiger partial charge in [0.2, 0.25) is 0 Å². The van der Waals surface area contributed by atoms with Gasteiger partial charge in [-0.15, -0.1) is 0 Å². The number of rotatable bonds is 6. The molecular formula is C46H49F3N4O7S3. The molecule has 0 aliphatic carbocycles. The third-order valence-corrected chi connectivity index (χ3v) is 17.2. The van der Waals surface area contributed by atoms with Crippen molar-refractivity contribution < 1.29 is 43.7 Å². The molecule has 4 bridgehead atoms. The van der Waals surface area contributed by atoms with Crippen LogP contribution in [0.4, 0.5) is 13.2 Å². The van der Waals surface area contributed by atoms with Crippen LogP contribution in [0.25, 0.3) is 22.3 Å². The van der Waals surface area contributed by atoms with Crippen LogP contribution in [0.3, 0.4) is 0 Å². The Bertz CT molecular complexity index is 3020. The first kappa shape index (κ1) is 45.9. The van der Waals surface area contributed by atoms with Crippen molar-refractivity contribution >= 4 is 47.5 Å². The molecule has 1 unspecified atom stereocenters. The number of carbonyl (C=O) groups is 1. The van der Waals surface area contributed by atoms with Gasteiger partial charge in [0.25, 0.3) is 10.0 Å². The van der Waals surface area contributed by atoms with E-state index in [9.17, 15) is 25.8 Å². The van der Waals surface area contributed by atoms with E-state index in [1.54, 1.807) is 33.0 Å². The molecule has 0 N–H and O–H groups in total. The second-order valence-corrected chi connectivity index (χ2v) is 22.9. The molecule has 17 heteroatoms. The van der Waals surface area contributed by atoms with Crippen molar-refractivity contribution in [3.8, 4) is 11.4 Å². The monoisotopic (exact) mass is 922 g/mol. The summed E-state index contributed by atoms with van der Waals surface area (Å²) in [5.74, 6) is -5.22. The highest BCUT2D eigenvalue weighted by Crippen LogP contribution is 2.41. The van der Waals surface area contributed by atoms with Gasteiger partial charge >= 0.3 is 5.97 Å². The minimum atomic E-state index is -4.49. The number of aromatic nitrogens is 4. The van der Waals surface area contributed by atoms with Crippen LogP contribution in [-0.2, 0) is 65.5 Å². The van der Waals surface area contributed by atoms with E-state index >= 15 is 13.2 Å². The second-order valence-electron chi connectivity index (χ2n) is 17.4. The highest BCUT2D eigenvalue weighted by molar-refractivity contribution is 7.91. The Balaban J connectivity index is 1.41. The maximum Gasteiger partial charge on any atom is 0.308 e. The van der Waals surface area contributed by atoms with Gasteiger partial charge in [0.15, 0.2) is 33.1 Å². The molecule has 6 aromatic rings. The number of hydrogen-bond donors (Lipinski definition) is 0. The third-order valence-electron chi connectivity index (χ3n) is 12.0. The van der Waals surface area contributed by atoms with Gasteiger partial charge in [-0.05, 0) is 98.0 Å². The quantitative estimate of drug-likeness (QED) is 0.150. The SMILES string of the molecule is COC(=O)[C@@H](C)Cc1cccc([C@@]2(C)CCCC(C)(C)CS(=O)(=O)CCc3c(c(F)c(F)c4c3ccn4S(=O)(=O)c3ccc(C)cc3)S(=O)c3ccc(F)c(c3)-c3nc2nn3C)c1. The van der Waals surface area contributed by atoms with Gasteiger partial charge in [-0.1, -0.05) is 69.2 Å². The lowest BCUT2D eigenvalue weighted by molar-refractivity contribution is -0.144. The summed E-state index contributed by atoms with van der Waals surface area (Å²) >= 11 is 0. The second kappa shape index (κ2) is 17.1. The predicted octanol–water partition coefficient (Wildman–Crippen LogP) is 8.39. The van der Waals surface area contributed by atoms with E-state index in [1.807, 2.05) is 45.0 Å². The minimum Gasteiger partial charge on any atom is -0.469 e. The first-order valence-electron chi connectivity index (χ1n) is 20.4. The van der Waals surface area contributed by atoms with E-state index < -0.39 is 87.4 Å². The molecule has 3 atom stereocenters. The Morgan fingerprint density at radius 2 is 1.70 bits per heavy atom. The zero-order valence-corrected chi connectivity index (χ0v) is 38.5. The highest BCUT2D eigenvalue weighted by Gasteiger charge is 2.37. The molecule has 63 heavy (non-hydrogen) atoms. The van der Waals surface area contributed by atoms with Gasteiger partial charge in [-0.3, -0.25) is 4.79 Å². The molecule has 0 fully saturated rings. The normalized spacial score (nSPS) is 19.7. The van der Waals surface area contributed by atoms with E-state index in [0.29, 0.717) is 35.5 Å². The molecule has 0 saturated carbocycles. The van der Waals surface area contributed by atoms with Gasteiger partial charge in [0.05, 0.1) is 56.1 Å². The van der Waals surface area contributed by atoms with Crippen LogP contribution in [0.1, 0.15) is 75.0 Å². The molecule has 0 saturated heterocycles. The van der Waals surface area contributed by atoms with Crippen molar-refractivity contribution in [1.29, 1.82) is 0 Å². The fourth-order valence-electron chi connectivity index (χ4n) is 8.54. The Hall–Kier alpha value is -5.13. The summed E-state index contributed by atoms with van der Waals surface area (Å²) in [5.41, 5.74) is -0.208. The zero-order valence-electron chi connectivity index (χ0n) is 36.0. The number of sulfone groups is 1. The summed E-state index contributed by atoms with van der Waals surface area (Å²) in [6, 6.07) is 18.1. The molecular weight excluding hydrogens is 874 g/mol. The van der Waals surface area contributed by atoms with E-state index in [4.69, 9.17) is 14.8 Å². The Morgan fingerprint density at radius 3 is 2.40 bits per heavy atom. The van der Waals surface area contributed by atoms with Crippen molar-refractivity contribution in [3.63, 3.8) is 0 Å². The maximum atomic E-state index is 16.8. The summed E-state index contributed by atoms with van der Waals surface area (Å²) in [7, 11) is -8.12. The number of carbonyl (C=O) groups excluding carboxylic acids is 1. The third kappa shape index (κ3) is 8.88. The summed E-state index contributed by atoms with van der Waals surface area (Å²) in [6.45, 7) is 9.14. The number of aryl methyl sites for hydroxylation is 3. The van der Waals surface area contributed by atoms with Crippen LogP contribution in [0.2, 0.25) is 0 Å². The van der Waals surface area contributed by atoms with Crippen LogP contribution in [0.15, 0.2) is 93.7 Å². The molecule has 4 aromatic carbocycles. The molecule has 2 aromatic heterocycles. The lowest BCUT2D eigenvalue weighted by atomic mass is 9.75. The molecule has 1 aliphatic rings. The van der Waals surface area contributed by atoms with Crippen molar-refractivity contribution in [2.75, 3.05) is 18.6 Å². The molecule has 11 nitrogen and oxygen atoms in total. The van der Waals surface area contributed by atoms with Crippen LogP contribution in [0.5, 0.6) is 0 Å². The fraction of sp³-hybridized carbons (Fsp3) is 0.370. The number of methoxy groups -OCH3 is 1. The smallest absolute Gasteiger partial charge is 0.308 e. The predicted molar refractivity (Wildman–Crippen MR) is 234 cm³/mol. The van der Waals surface area contributed by atoms with Gasteiger partial charge < -0.3 is 4.74 Å². The maximum absolute atomic E-state index is 16.8. The number of nitrogens with zero attached hydrogens (tertiary/aromatic N) is 4. The Morgan fingerprint density at radius 1 is 0.984 bits per heavy atom. The minimum absolute atomic E-state index is 0.0660. The lowest BCUT2D eigenvalue weighted by Gasteiger charge is -2.31. The van der Waals surface area contributed by atoms with Gasteiger partial charge in [-0.2, -0.15) is 5.10 Å². The van der Waals surface area contributed by atoms with Crippen LogP contribution < -0.4 is 0 Å². The van der Waals surface area contributed by atoms with Crippen LogP contribution in [-0.4, -0.2) is 64.4 Å².